The normalized spacial score (nSPS) is 11.0. The molecule has 0 saturated heterocycles. The standard InChI is InChI=1S/C14H9ClF2/c15-12-9-14(17)13(16)8-11(12)7-6-10-4-2-1-3-5-10/h1-9H. The molecule has 0 aliphatic carbocycles. The summed E-state index contributed by atoms with van der Waals surface area (Å²) in [7, 11) is 0. The predicted molar refractivity (Wildman–Crippen MR) is 66.7 cm³/mol. The minimum atomic E-state index is -0.938. The molecule has 0 aliphatic heterocycles. The van der Waals surface area contributed by atoms with E-state index in [-0.39, 0.29) is 5.02 Å². The molecule has 0 aliphatic rings. The highest BCUT2D eigenvalue weighted by molar-refractivity contribution is 6.32. The molecule has 2 aromatic carbocycles. The maximum atomic E-state index is 13.0. The molecule has 0 fully saturated rings. The molecule has 0 N–H and O–H groups in total. The van der Waals surface area contributed by atoms with E-state index in [2.05, 4.69) is 0 Å². The molecule has 0 nitrogen and oxygen atoms in total. The minimum Gasteiger partial charge on any atom is -0.204 e. The van der Waals surface area contributed by atoms with Crippen LogP contribution in [-0.2, 0) is 0 Å². The van der Waals surface area contributed by atoms with Crippen molar-refractivity contribution in [1.82, 2.24) is 0 Å². The van der Waals surface area contributed by atoms with Crippen LogP contribution >= 0.6 is 11.6 Å². The van der Waals surface area contributed by atoms with E-state index in [0.29, 0.717) is 5.56 Å². The number of halogens is 3. The Balaban J connectivity index is 2.31. The van der Waals surface area contributed by atoms with Gasteiger partial charge in [0.1, 0.15) is 0 Å². The van der Waals surface area contributed by atoms with Crippen LogP contribution in [0.4, 0.5) is 8.78 Å². The fourth-order valence-corrected chi connectivity index (χ4v) is 1.63. The second kappa shape index (κ2) is 5.11. The largest absolute Gasteiger partial charge is 0.204 e. The van der Waals surface area contributed by atoms with Gasteiger partial charge in [0.15, 0.2) is 11.6 Å². The third kappa shape index (κ3) is 2.92. The summed E-state index contributed by atoms with van der Waals surface area (Å²) >= 11 is 5.81. The fraction of sp³-hybridized carbons (Fsp3) is 0. The monoisotopic (exact) mass is 250 g/mol. The van der Waals surface area contributed by atoms with Crippen molar-refractivity contribution in [3.05, 3.63) is 70.2 Å². The number of benzene rings is 2. The molecule has 0 atom stereocenters. The molecule has 0 unspecified atom stereocenters. The Bertz CT molecular complexity index is 548. The lowest BCUT2D eigenvalue weighted by atomic mass is 10.1. The fourth-order valence-electron chi connectivity index (χ4n) is 1.42. The first-order chi connectivity index (χ1) is 8.16. The van der Waals surface area contributed by atoms with Crippen molar-refractivity contribution in [1.29, 1.82) is 0 Å². The molecule has 0 spiro atoms. The number of hydrogen-bond donors (Lipinski definition) is 0. The van der Waals surface area contributed by atoms with Crippen molar-refractivity contribution in [2.75, 3.05) is 0 Å². The zero-order valence-electron chi connectivity index (χ0n) is 8.83. The molecule has 0 heterocycles. The maximum Gasteiger partial charge on any atom is 0.160 e. The Morgan fingerprint density at radius 2 is 1.53 bits per heavy atom. The molecule has 86 valence electrons. The van der Waals surface area contributed by atoms with Crippen LogP contribution in [0, 0.1) is 11.6 Å². The Morgan fingerprint density at radius 1 is 0.882 bits per heavy atom. The topological polar surface area (TPSA) is 0 Å². The first kappa shape index (κ1) is 11.8. The van der Waals surface area contributed by atoms with Crippen molar-refractivity contribution >= 4 is 23.8 Å². The summed E-state index contributed by atoms with van der Waals surface area (Å²) in [5, 5.41) is 0.191. The van der Waals surface area contributed by atoms with Crippen LogP contribution in [0.5, 0.6) is 0 Å². The van der Waals surface area contributed by atoms with E-state index in [4.69, 9.17) is 11.6 Å². The van der Waals surface area contributed by atoms with Gasteiger partial charge in [-0.25, -0.2) is 8.78 Å². The number of rotatable bonds is 2. The van der Waals surface area contributed by atoms with Crippen LogP contribution < -0.4 is 0 Å². The summed E-state index contributed by atoms with van der Waals surface area (Å²) in [4.78, 5) is 0. The molecule has 0 bridgehead atoms. The van der Waals surface area contributed by atoms with Crippen LogP contribution in [0.2, 0.25) is 5.02 Å². The summed E-state index contributed by atoms with van der Waals surface area (Å²) < 4.78 is 25.9. The molecule has 2 rings (SSSR count). The predicted octanol–water partition coefficient (Wildman–Crippen LogP) is 4.79. The highest BCUT2D eigenvalue weighted by atomic mass is 35.5. The van der Waals surface area contributed by atoms with Crippen molar-refractivity contribution < 1.29 is 8.78 Å². The molecule has 0 amide bonds. The molecule has 0 radical (unpaired) electrons. The Kier molecular flexibility index (Phi) is 3.55. The van der Waals surface area contributed by atoms with E-state index < -0.39 is 11.6 Å². The Morgan fingerprint density at radius 3 is 2.24 bits per heavy atom. The van der Waals surface area contributed by atoms with Crippen molar-refractivity contribution in [3.63, 3.8) is 0 Å². The molecule has 2 aromatic rings. The van der Waals surface area contributed by atoms with Crippen LogP contribution in [0.25, 0.3) is 12.2 Å². The molecule has 0 aromatic heterocycles. The first-order valence-electron chi connectivity index (χ1n) is 5.04. The van der Waals surface area contributed by atoms with E-state index in [0.717, 1.165) is 17.7 Å². The zero-order valence-corrected chi connectivity index (χ0v) is 9.59. The van der Waals surface area contributed by atoms with Crippen LogP contribution in [0.1, 0.15) is 11.1 Å². The average molecular weight is 251 g/mol. The highest BCUT2D eigenvalue weighted by Crippen LogP contribution is 2.22. The maximum absolute atomic E-state index is 13.0. The molecular weight excluding hydrogens is 242 g/mol. The molecular formula is C14H9ClF2. The van der Waals surface area contributed by atoms with Gasteiger partial charge in [0.05, 0.1) is 5.02 Å². The smallest absolute Gasteiger partial charge is 0.160 e. The molecule has 0 saturated carbocycles. The minimum absolute atomic E-state index is 0.191. The highest BCUT2D eigenvalue weighted by Gasteiger charge is 2.05. The summed E-state index contributed by atoms with van der Waals surface area (Å²) in [5.74, 6) is -1.84. The lowest BCUT2D eigenvalue weighted by molar-refractivity contribution is 0.508. The van der Waals surface area contributed by atoms with Gasteiger partial charge < -0.3 is 0 Å². The molecule has 3 heteroatoms. The second-order valence-electron chi connectivity index (χ2n) is 3.53. The summed E-state index contributed by atoms with van der Waals surface area (Å²) in [6.07, 6.45) is 3.44. The lowest BCUT2D eigenvalue weighted by Gasteiger charge is -2.00. The second-order valence-corrected chi connectivity index (χ2v) is 3.94. The van der Waals surface area contributed by atoms with E-state index in [9.17, 15) is 8.78 Å². The van der Waals surface area contributed by atoms with Gasteiger partial charge in [-0.3, -0.25) is 0 Å². The van der Waals surface area contributed by atoms with Gasteiger partial charge in [0, 0.05) is 0 Å². The SMILES string of the molecule is Fc1cc(Cl)c(C=Cc2ccccc2)cc1F. The van der Waals surface area contributed by atoms with E-state index in [1.165, 1.54) is 0 Å². The summed E-state index contributed by atoms with van der Waals surface area (Å²) in [6.45, 7) is 0. The van der Waals surface area contributed by atoms with Gasteiger partial charge in [-0.1, -0.05) is 54.1 Å². The van der Waals surface area contributed by atoms with Crippen LogP contribution in [0.3, 0.4) is 0 Å². The van der Waals surface area contributed by atoms with E-state index in [1.807, 2.05) is 30.3 Å². The zero-order chi connectivity index (χ0) is 12.3. The van der Waals surface area contributed by atoms with Gasteiger partial charge in [0.25, 0.3) is 0 Å². The Labute approximate surface area is 103 Å². The molecule has 17 heavy (non-hydrogen) atoms. The van der Waals surface area contributed by atoms with Gasteiger partial charge in [-0.2, -0.15) is 0 Å². The van der Waals surface area contributed by atoms with Crippen molar-refractivity contribution in [2.45, 2.75) is 0 Å². The van der Waals surface area contributed by atoms with Crippen LogP contribution in [0.15, 0.2) is 42.5 Å². The van der Waals surface area contributed by atoms with Crippen molar-refractivity contribution in [2.24, 2.45) is 0 Å². The van der Waals surface area contributed by atoms with Gasteiger partial charge in [-0.05, 0) is 23.3 Å². The quantitative estimate of drug-likeness (QED) is 0.531. The third-order valence-corrected chi connectivity index (χ3v) is 2.62. The number of hydrogen-bond acceptors (Lipinski definition) is 0. The Hall–Kier alpha value is -1.67. The first-order valence-corrected chi connectivity index (χ1v) is 5.42. The average Bonchev–Trinajstić information content (AvgIpc) is 2.33. The summed E-state index contributed by atoms with van der Waals surface area (Å²) in [5.41, 5.74) is 1.42. The van der Waals surface area contributed by atoms with Gasteiger partial charge in [0.2, 0.25) is 0 Å². The third-order valence-electron chi connectivity index (χ3n) is 2.29. The van der Waals surface area contributed by atoms with Gasteiger partial charge in [-0.15, -0.1) is 0 Å². The lowest BCUT2D eigenvalue weighted by Crippen LogP contribution is -1.86. The van der Waals surface area contributed by atoms with Crippen molar-refractivity contribution in [3.8, 4) is 0 Å². The van der Waals surface area contributed by atoms with E-state index >= 15 is 0 Å². The van der Waals surface area contributed by atoms with Crippen LogP contribution in [-0.4, -0.2) is 0 Å². The van der Waals surface area contributed by atoms with E-state index in [1.54, 1.807) is 12.2 Å². The van der Waals surface area contributed by atoms with Gasteiger partial charge >= 0.3 is 0 Å². The summed E-state index contributed by atoms with van der Waals surface area (Å²) in [6, 6.07) is 11.6.